The summed E-state index contributed by atoms with van der Waals surface area (Å²) >= 11 is 0. The second-order valence-electron chi connectivity index (χ2n) is 3.52. The Morgan fingerprint density at radius 2 is 2.00 bits per heavy atom. The topological polar surface area (TPSA) is 65.2 Å². The third kappa shape index (κ3) is 2.25. The highest BCUT2D eigenvalue weighted by Crippen LogP contribution is 2.23. The first-order valence-electron chi connectivity index (χ1n) is 5.11. The number of carbonyl (C=O) groups excluding carboxylic acids is 1. The van der Waals surface area contributed by atoms with Gasteiger partial charge in [-0.1, -0.05) is 30.3 Å². The van der Waals surface area contributed by atoms with Gasteiger partial charge in [0.25, 0.3) is 0 Å². The first-order valence-corrected chi connectivity index (χ1v) is 5.11. The van der Waals surface area contributed by atoms with Gasteiger partial charge in [-0.25, -0.2) is 4.79 Å². The number of nitrogen functional groups attached to an aromatic ring is 1. The van der Waals surface area contributed by atoms with Gasteiger partial charge in [0.1, 0.15) is 0 Å². The number of rotatable bonds is 2. The summed E-state index contributed by atoms with van der Waals surface area (Å²) in [4.78, 5) is 15.8. The molecule has 2 N–H and O–H groups in total. The zero-order valence-corrected chi connectivity index (χ0v) is 9.38. The van der Waals surface area contributed by atoms with E-state index in [1.165, 1.54) is 13.3 Å². The third-order valence-corrected chi connectivity index (χ3v) is 2.36. The molecule has 0 bridgehead atoms. The minimum absolute atomic E-state index is 0.374. The fourth-order valence-electron chi connectivity index (χ4n) is 1.57. The predicted octanol–water partition coefficient (Wildman–Crippen LogP) is 2.12. The molecule has 0 saturated heterocycles. The van der Waals surface area contributed by atoms with Gasteiger partial charge >= 0.3 is 5.97 Å². The summed E-state index contributed by atoms with van der Waals surface area (Å²) in [7, 11) is 1.33. The molecule has 4 nitrogen and oxygen atoms in total. The highest BCUT2D eigenvalue weighted by molar-refractivity contribution is 5.96. The number of nitrogens with zero attached hydrogens (tertiary/aromatic N) is 1. The molecule has 1 aromatic heterocycles. The van der Waals surface area contributed by atoms with Crippen LogP contribution in [0.4, 0.5) is 5.69 Å². The normalized spacial score (nSPS) is 9.94. The number of methoxy groups -OCH3 is 1. The molecule has 4 heteroatoms. The van der Waals surface area contributed by atoms with Gasteiger partial charge in [-0.3, -0.25) is 4.98 Å². The summed E-state index contributed by atoms with van der Waals surface area (Å²) in [6.45, 7) is 0. The molecule has 0 fully saturated rings. The van der Waals surface area contributed by atoms with E-state index >= 15 is 0 Å². The molecule has 0 aliphatic carbocycles. The first-order chi connectivity index (χ1) is 8.22. The highest BCUT2D eigenvalue weighted by atomic mass is 16.5. The second kappa shape index (κ2) is 4.65. The first kappa shape index (κ1) is 11.1. The van der Waals surface area contributed by atoms with Crippen molar-refractivity contribution >= 4 is 11.7 Å². The van der Waals surface area contributed by atoms with Gasteiger partial charge in [0.05, 0.1) is 30.3 Å². The summed E-state index contributed by atoms with van der Waals surface area (Å²) in [6.07, 6.45) is 1.52. The molecule has 2 aromatic rings. The summed E-state index contributed by atoms with van der Waals surface area (Å²) in [5.41, 5.74) is 7.87. The van der Waals surface area contributed by atoms with Gasteiger partial charge in [0.15, 0.2) is 0 Å². The quantitative estimate of drug-likeness (QED) is 0.799. The molecule has 0 atom stereocenters. The van der Waals surface area contributed by atoms with Crippen molar-refractivity contribution in [2.75, 3.05) is 12.8 Å². The van der Waals surface area contributed by atoms with Crippen LogP contribution < -0.4 is 5.73 Å². The van der Waals surface area contributed by atoms with Crippen molar-refractivity contribution < 1.29 is 9.53 Å². The average Bonchev–Trinajstić information content (AvgIpc) is 2.38. The molecule has 0 aliphatic rings. The summed E-state index contributed by atoms with van der Waals surface area (Å²) in [5.74, 6) is -0.441. The van der Waals surface area contributed by atoms with Crippen LogP contribution in [0.25, 0.3) is 11.3 Å². The van der Waals surface area contributed by atoms with Gasteiger partial charge in [-0.05, 0) is 6.07 Å². The molecule has 1 aromatic carbocycles. The van der Waals surface area contributed by atoms with E-state index in [2.05, 4.69) is 4.98 Å². The van der Waals surface area contributed by atoms with Crippen LogP contribution in [0.15, 0.2) is 42.6 Å². The van der Waals surface area contributed by atoms with Gasteiger partial charge in [0, 0.05) is 5.56 Å². The van der Waals surface area contributed by atoms with E-state index in [9.17, 15) is 4.79 Å². The molecule has 1 heterocycles. The van der Waals surface area contributed by atoms with Crippen LogP contribution in [0.5, 0.6) is 0 Å². The molecule has 0 radical (unpaired) electrons. The van der Waals surface area contributed by atoms with Crippen LogP contribution in [-0.4, -0.2) is 18.1 Å². The molecule has 0 aliphatic heterocycles. The summed E-state index contributed by atoms with van der Waals surface area (Å²) in [6, 6.07) is 11.0. The monoisotopic (exact) mass is 228 g/mol. The number of nitrogens with two attached hydrogens (primary N) is 1. The van der Waals surface area contributed by atoms with Gasteiger partial charge in [-0.2, -0.15) is 0 Å². The molecule has 0 saturated carbocycles. The van der Waals surface area contributed by atoms with Crippen molar-refractivity contribution in [3.05, 3.63) is 48.2 Å². The van der Waals surface area contributed by atoms with Crippen LogP contribution in [-0.2, 0) is 4.74 Å². The Morgan fingerprint density at radius 1 is 1.29 bits per heavy atom. The Bertz CT molecular complexity index is 538. The number of pyridine rings is 1. The number of anilines is 1. The van der Waals surface area contributed by atoms with Gasteiger partial charge < -0.3 is 10.5 Å². The summed E-state index contributed by atoms with van der Waals surface area (Å²) < 4.78 is 4.72. The molecular formula is C13H12N2O2. The van der Waals surface area contributed by atoms with Crippen molar-refractivity contribution in [1.82, 2.24) is 4.98 Å². The number of aromatic nitrogens is 1. The lowest BCUT2D eigenvalue weighted by Crippen LogP contribution is -2.06. The standard InChI is InChI=1S/C13H12N2O2/c1-17-13(16)11-7-10(14)8-15-12(11)9-5-3-2-4-6-9/h2-8H,14H2,1H3. The maximum Gasteiger partial charge on any atom is 0.340 e. The lowest BCUT2D eigenvalue weighted by molar-refractivity contribution is 0.0601. The molecule has 2 rings (SSSR count). The number of ether oxygens (including phenoxy) is 1. The Balaban J connectivity index is 2.58. The molecule has 0 amide bonds. The van der Waals surface area contributed by atoms with E-state index in [4.69, 9.17) is 10.5 Å². The smallest absolute Gasteiger partial charge is 0.340 e. The van der Waals surface area contributed by atoms with Crippen LogP contribution in [0.1, 0.15) is 10.4 Å². The maximum atomic E-state index is 11.6. The fourth-order valence-corrected chi connectivity index (χ4v) is 1.57. The molecule has 86 valence electrons. The van der Waals surface area contributed by atoms with Gasteiger partial charge in [0.2, 0.25) is 0 Å². The fraction of sp³-hybridized carbons (Fsp3) is 0.0769. The Labute approximate surface area is 99.1 Å². The average molecular weight is 228 g/mol. The zero-order chi connectivity index (χ0) is 12.3. The Hall–Kier alpha value is -2.36. The second-order valence-corrected chi connectivity index (χ2v) is 3.52. The lowest BCUT2D eigenvalue weighted by Gasteiger charge is -2.07. The number of hydrogen-bond acceptors (Lipinski definition) is 4. The predicted molar refractivity (Wildman–Crippen MR) is 65.4 cm³/mol. The minimum atomic E-state index is -0.441. The molecule has 17 heavy (non-hydrogen) atoms. The van der Waals surface area contributed by atoms with Crippen molar-refractivity contribution in [2.45, 2.75) is 0 Å². The number of benzene rings is 1. The van der Waals surface area contributed by atoms with Crippen LogP contribution in [0.3, 0.4) is 0 Å². The van der Waals surface area contributed by atoms with Crippen molar-refractivity contribution in [2.24, 2.45) is 0 Å². The minimum Gasteiger partial charge on any atom is -0.465 e. The zero-order valence-electron chi connectivity index (χ0n) is 9.38. The van der Waals surface area contributed by atoms with Gasteiger partial charge in [-0.15, -0.1) is 0 Å². The lowest BCUT2D eigenvalue weighted by atomic mass is 10.1. The van der Waals surface area contributed by atoms with Crippen molar-refractivity contribution in [3.63, 3.8) is 0 Å². The van der Waals surface area contributed by atoms with Crippen molar-refractivity contribution in [3.8, 4) is 11.3 Å². The highest BCUT2D eigenvalue weighted by Gasteiger charge is 2.14. The molecule has 0 unspecified atom stereocenters. The van der Waals surface area contributed by atoms with E-state index in [0.717, 1.165) is 5.56 Å². The Morgan fingerprint density at radius 3 is 2.65 bits per heavy atom. The van der Waals surface area contributed by atoms with Crippen LogP contribution >= 0.6 is 0 Å². The molecular weight excluding hydrogens is 216 g/mol. The van der Waals surface area contributed by atoms with E-state index in [1.807, 2.05) is 30.3 Å². The van der Waals surface area contributed by atoms with Crippen molar-refractivity contribution in [1.29, 1.82) is 0 Å². The summed E-state index contributed by atoms with van der Waals surface area (Å²) in [5, 5.41) is 0. The van der Waals surface area contributed by atoms with E-state index in [0.29, 0.717) is 16.9 Å². The maximum absolute atomic E-state index is 11.6. The third-order valence-electron chi connectivity index (χ3n) is 2.36. The number of hydrogen-bond donors (Lipinski definition) is 1. The molecule has 0 spiro atoms. The number of esters is 1. The van der Waals surface area contributed by atoms with E-state index < -0.39 is 5.97 Å². The van der Waals surface area contributed by atoms with E-state index in [-0.39, 0.29) is 0 Å². The number of carbonyl (C=O) groups is 1. The van der Waals surface area contributed by atoms with Crippen LogP contribution in [0.2, 0.25) is 0 Å². The Kier molecular flexibility index (Phi) is 3.05. The van der Waals surface area contributed by atoms with Crippen LogP contribution in [0, 0.1) is 0 Å². The van der Waals surface area contributed by atoms with E-state index in [1.54, 1.807) is 6.07 Å². The SMILES string of the molecule is COC(=O)c1cc(N)cnc1-c1ccccc1. The largest absolute Gasteiger partial charge is 0.465 e.